The zero-order valence-electron chi connectivity index (χ0n) is 17.1. The smallest absolute Gasteiger partial charge is 0.241 e. The number of nitrogens with two attached hydrogens (primary N) is 1. The average Bonchev–Trinajstić information content (AvgIpc) is 2.79. The summed E-state index contributed by atoms with van der Waals surface area (Å²) in [5.41, 5.74) is 5.13. The van der Waals surface area contributed by atoms with Crippen molar-refractivity contribution in [1.82, 2.24) is 4.90 Å². The van der Waals surface area contributed by atoms with Gasteiger partial charge in [-0.25, -0.2) is 0 Å². The van der Waals surface area contributed by atoms with Gasteiger partial charge in [0.15, 0.2) is 0 Å². The van der Waals surface area contributed by atoms with Gasteiger partial charge in [0, 0.05) is 10.1 Å². The van der Waals surface area contributed by atoms with E-state index in [1.165, 1.54) is 0 Å². The molecule has 1 heterocycles. The van der Waals surface area contributed by atoms with Gasteiger partial charge in [0.25, 0.3) is 0 Å². The molecule has 23 heavy (non-hydrogen) atoms. The van der Waals surface area contributed by atoms with E-state index in [0.29, 0.717) is 18.3 Å². The molecule has 0 aromatic heterocycles. The van der Waals surface area contributed by atoms with Crippen molar-refractivity contribution >= 4 is 5.91 Å². The molecule has 0 radical (unpaired) electrons. The number of fused-ring (bicyclic) bond motifs is 1. The van der Waals surface area contributed by atoms with Crippen LogP contribution in [0.25, 0.3) is 0 Å². The maximum absolute atomic E-state index is 13.4. The Morgan fingerprint density at radius 1 is 1.39 bits per heavy atom. The summed E-state index contributed by atoms with van der Waals surface area (Å²) in [6.45, 7) is 0. The maximum atomic E-state index is 13.4. The molecule has 6 atom stereocenters. The van der Waals surface area contributed by atoms with Crippen molar-refractivity contribution in [2.75, 3.05) is 0 Å². The fraction of sp³-hybridized carbons (Fsp3) is 0.889. The molecule has 5 saturated carbocycles. The van der Waals surface area contributed by atoms with E-state index < -0.39 is 47.3 Å². The van der Waals surface area contributed by atoms with Crippen molar-refractivity contribution in [2.45, 2.75) is 75.0 Å². The summed E-state index contributed by atoms with van der Waals surface area (Å²) >= 11 is 0. The topological polar surface area (TPSA) is 90.3 Å². The second kappa shape index (κ2) is 4.29. The number of rotatable bonds is 2. The van der Waals surface area contributed by atoms with Crippen LogP contribution in [-0.4, -0.2) is 39.6 Å². The molecule has 0 aromatic rings. The second-order valence-electron chi connectivity index (χ2n) is 8.53. The standard InChI is InChI=1S/C18H25N3O2/c19-8-13-2-12-3-14(12)21(13)16(22)15(20)17-4-10-1-11(5-17)7-18(23,6-10)9-17/h10-15,23H,1-7,9,20H2/t10?,11?,12-,13+,14+,15-,17?,18?/m1/s1/i3D2,12D,14D. The lowest BCUT2D eigenvalue weighted by molar-refractivity contribution is -0.177. The SMILES string of the molecule is [2H]C1([2H])[C@]2([2H])N(C(=O)[C@@H](N)C34CC5CC(CC(O)(C5)C3)C4)[C@H](C#N)C[C@]12[2H]. The highest BCUT2D eigenvalue weighted by Crippen LogP contribution is 2.63. The lowest BCUT2D eigenvalue weighted by Crippen LogP contribution is -2.64. The quantitative estimate of drug-likeness (QED) is 0.799. The molecule has 6 aliphatic rings. The third-order valence-corrected chi connectivity index (χ3v) is 6.83. The minimum Gasteiger partial charge on any atom is -0.390 e. The van der Waals surface area contributed by atoms with Gasteiger partial charge in [0.05, 0.1) is 19.1 Å². The van der Waals surface area contributed by atoms with Gasteiger partial charge in [-0.05, 0) is 74.5 Å². The number of hydrogen-bond acceptors (Lipinski definition) is 4. The molecule has 5 heteroatoms. The number of hydrogen-bond donors (Lipinski definition) is 2. The molecule has 6 rings (SSSR count). The van der Waals surface area contributed by atoms with Crippen molar-refractivity contribution in [1.29, 1.82) is 5.26 Å². The van der Waals surface area contributed by atoms with Crippen LogP contribution in [0.3, 0.4) is 0 Å². The average molecular weight is 319 g/mol. The fourth-order valence-corrected chi connectivity index (χ4v) is 6.33. The molecule has 124 valence electrons. The van der Waals surface area contributed by atoms with E-state index in [4.69, 9.17) is 11.2 Å². The fourth-order valence-electron chi connectivity index (χ4n) is 6.33. The highest BCUT2D eigenvalue weighted by molar-refractivity contribution is 5.84. The van der Waals surface area contributed by atoms with Gasteiger partial charge >= 0.3 is 0 Å². The molecule has 0 aromatic carbocycles. The molecule has 6 fully saturated rings. The zero-order valence-corrected chi connectivity index (χ0v) is 13.1. The molecule has 5 nitrogen and oxygen atoms in total. The van der Waals surface area contributed by atoms with Crippen molar-refractivity contribution in [2.24, 2.45) is 28.9 Å². The third kappa shape index (κ3) is 1.88. The van der Waals surface area contributed by atoms with E-state index in [1.54, 1.807) is 0 Å². The first-order valence-corrected chi connectivity index (χ1v) is 8.64. The number of amides is 1. The van der Waals surface area contributed by atoms with Crippen LogP contribution >= 0.6 is 0 Å². The molecule has 1 saturated heterocycles. The highest BCUT2D eigenvalue weighted by atomic mass is 16.3. The van der Waals surface area contributed by atoms with Crippen LogP contribution in [0.2, 0.25) is 0 Å². The Bertz CT molecular complexity index is 771. The van der Waals surface area contributed by atoms with Gasteiger partial charge in [0.2, 0.25) is 5.91 Å². The largest absolute Gasteiger partial charge is 0.390 e. The summed E-state index contributed by atoms with van der Waals surface area (Å²) < 4.78 is 32.9. The van der Waals surface area contributed by atoms with Gasteiger partial charge in [-0.15, -0.1) is 0 Å². The van der Waals surface area contributed by atoms with Crippen LogP contribution in [0.4, 0.5) is 0 Å². The van der Waals surface area contributed by atoms with Crippen LogP contribution < -0.4 is 5.73 Å². The Balaban J connectivity index is 1.49. The zero-order chi connectivity index (χ0) is 19.6. The number of carbonyl (C=O) groups is 1. The molecule has 1 amide bonds. The summed E-state index contributed by atoms with van der Waals surface area (Å²) in [5.74, 6) is -1.70. The third-order valence-electron chi connectivity index (χ3n) is 6.83. The first-order valence-electron chi connectivity index (χ1n) is 10.6. The van der Waals surface area contributed by atoms with Crippen LogP contribution in [0.1, 0.15) is 56.8 Å². The first kappa shape index (κ1) is 10.7. The van der Waals surface area contributed by atoms with Crippen LogP contribution in [0.15, 0.2) is 0 Å². The minimum atomic E-state index is -2.18. The van der Waals surface area contributed by atoms with E-state index in [1.807, 2.05) is 6.07 Å². The lowest BCUT2D eigenvalue weighted by Gasteiger charge is -2.61. The molecular formula is C18H25N3O2. The van der Waals surface area contributed by atoms with Gasteiger partial charge in [-0.1, -0.05) is 0 Å². The van der Waals surface area contributed by atoms with Gasteiger partial charge in [-0.3, -0.25) is 4.79 Å². The lowest BCUT2D eigenvalue weighted by atomic mass is 9.46. The van der Waals surface area contributed by atoms with E-state index in [0.717, 1.165) is 37.0 Å². The summed E-state index contributed by atoms with van der Waals surface area (Å²) in [5, 5.41) is 20.4. The Kier molecular flexibility index (Phi) is 1.99. The molecule has 0 spiro atoms. The molecule has 4 bridgehead atoms. The van der Waals surface area contributed by atoms with Crippen molar-refractivity contribution in [3.05, 3.63) is 0 Å². The Morgan fingerprint density at radius 3 is 2.70 bits per heavy atom. The predicted molar refractivity (Wildman–Crippen MR) is 82.8 cm³/mol. The summed E-state index contributed by atoms with van der Waals surface area (Å²) in [4.78, 5) is 14.4. The van der Waals surface area contributed by atoms with Crippen molar-refractivity contribution < 1.29 is 15.4 Å². The summed E-state index contributed by atoms with van der Waals surface area (Å²) in [6.07, 6.45) is 2.17. The minimum absolute atomic E-state index is 0.166. The number of piperidine rings is 1. The number of nitrogens with zero attached hydrogens (tertiary/aromatic N) is 2. The van der Waals surface area contributed by atoms with Gasteiger partial charge in [0.1, 0.15) is 6.04 Å². The molecule has 2 unspecified atom stereocenters. The van der Waals surface area contributed by atoms with Gasteiger partial charge in [-0.2, -0.15) is 5.26 Å². The van der Waals surface area contributed by atoms with E-state index in [2.05, 4.69) is 0 Å². The molecule has 5 aliphatic carbocycles. The number of nitriles is 1. The predicted octanol–water partition coefficient (Wildman–Crippen LogP) is 1.16. The molecular weight excluding hydrogens is 290 g/mol. The number of carbonyl (C=O) groups excluding carboxylic acids is 1. The van der Waals surface area contributed by atoms with Gasteiger partial charge < -0.3 is 15.7 Å². The van der Waals surface area contributed by atoms with Crippen molar-refractivity contribution in [3.8, 4) is 6.07 Å². The first-order chi connectivity index (χ1) is 12.4. The van der Waals surface area contributed by atoms with E-state index >= 15 is 0 Å². The summed E-state index contributed by atoms with van der Waals surface area (Å²) in [6, 6.07) is -2.07. The molecule has 1 aliphatic heterocycles. The van der Waals surface area contributed by atoms with E-state index in [9.17, 15) is 15.2 Å². The second-order valence-corrected chi connectivity index (χ2v) is 8.53. The monoisotopic (exact) mass is 319 g/mol. The number of likely N-dealkylation sites (tertiary alicyclic amines) is 1. The number of aliphatic hydroxyl groups is 1. The van der Waals surface area contributed by atoms with Crippen LogP contribution in [0.5, 0.6) is 0 Å². The Labute approximate surface area is 142 Å². The van der Waals surface area contributed by atoms with Crippen molar-refractivity contribution in [3.63, 3.8) is 0 Å². The maximum Gasteiger partial charge on any atom is 0.241 e. The van der Waals surface area contributed by atoms with E-state index in [-0.39, 0.29) is 6.42 Å². The van der Waals surface area contributed by atoms with Crippen LogP contribution in [-0.2, 0) is 4.79 Å². The normalized spacial score (nSPS) is 64.9. The van der Waals surface area contributed by atoms with Crippen LogP contribution in [0, 0.1) is 34.5 Å². The Hall–Kier alpha value is -1.12. The summed E-state index contributed by atoms with van der Waals surface area (Å²) in [7, 11) is 0. The molecule has 3 N–H and O–H groups in total. The Morgan fingerprint density at radius 2 is 2.09 bits per heavy atom. The highest BCUT2D eigenvalue weighted by Gasteiger charge is 2.62.